The molecule has 0 saturated heterocycles. The normalized spacial score (nSPS) is 19.7. The molecule has 0 bridgehead atoms. The highest BCUT2D eigenvalue weighted by Crippen LogP contribution is 2.29. The largest absolute Gasteiger partial charge is 0.370 e. The molecule has 3 heterocycles. The number of guanidine groups is 1. The van der Waals surface area contributed by atoms with Crippen molar-refractivity contribution in [1.29, 1.82) is 0 Å². The van der Waals surface area contributed by atoms with E-state index in [-0.39, 0.29) is 0 Å². The lowest BCUT2D eigenvalue weighted by Crippen LogP contribution is -2.59. The number of nitrogens with one attached hydrogen (secondary N) is 3. The molecule has 6 nitrogen and oxygen atoms in total. The van der Waals surface area contributed by atoms with Crippen molar-refractivity contribution in [2.75, 3.05) is 0 Å². The summed E-state index contributed by atoms with van der Waals surface area (Å²) in [4.78, 5) is 10.9. The summed E-state index contributed by atoms with van der Waals surface area (Å²) in [7, 11) is 0. The van der Waals surface area contributed by atoms with Crippen molar-refractivity contribution in [3.63, 3.8) is 0 Å². The zero-order chi connectivity index (χ0) is 18.4. The minimum atomic E-state index is -0.816. The summed E-state index contributed by atoms with van der Waals surface area (Å²) < 4.78 is 0. The highest BCUT2D eigenvalue weighted by Gasteiger charge is 2.28. The first-order chi connectivity index (χ1) is 13.1. The van der Waals surface area contributed by atoms with Crippen molar-refractivity contribution in [1.82, 2.24) is 15.3 Å². The summed E-state index contributed by atoms with van der Waals surface area (Å²) in [5.41, 5.74) is 17.0. The fourth-order valence-electron chi connectivity index (χ4n) is 3.80. The SMILES string of the molecule is NC1=NC(c2cccc3[nH]ccc23)=CC(N)(Cc2ccc3[nH]ccc3c2)N1. The van der Waals surface area contributed by atoms with Crippen LogP contribution >= 0.6 is 0 Å². The molecule has 1 aliphatic rings. The summed E-state index contributed by atoms with van der Waals surface area (Å²) in [5.74, 6) is 0.324. The maximum Gasteiger partial charge on any atom is 0.195 e. The molecule has 0 saturated carbocycles. The lowest BCUT2D eigenvalue weighted by Gasteiger charge is -2.32. The van der Waals surface area contributed by atoms with Gasteiger partial charge in [-0.05, 0) is 47.4 Å². The number of rotatable bonds is 3. The maximum absolute atomic E-state index is 6.68. The molecule has 27 heavy (non-hydrogen) atoms. The molecule has 0 fully saturated rings. The first-order valence-electron chi connectivity index (χ1n) is 8.86. The van der Waals surface area contributed by atoms with E-state index >= 15 is 0 Å². The lowest BCUT2D eigenvalue weighted by atomic mass is 9.95. The van der Waals surface area contributed by atoms with Crippen LogP contribution in [0, 0.1) is 0 Å². The number of hydrogen-bond donors (Lipinski definition) is 5. The molecule has 5 rings (SSSR count). The number of aromatic nitrogens is 2. The Hall–Kier alpha value is -3.51. The molecule has 4 aromatic rings. The quantitative estimate of drug-likeness (QED) is 0.389. The van der Waals surface area contributed by atoms with Crippen LogP contribution in [0.25, 0.3) is 27.5 Å². The molecule has 2 aromatic heterocycles. The van der Waals surface area contributed by atoms with Crippen molar-refractivity contribution in [2.45, 2.75) is 12.1 Å². The average molecular weight is 356 g/mol. The summed E-state index contributed by atoms with van der Waals surface area (Å²) in [5, 5.41) is 5.40. The lowest BCUT2D eigenvalue weighted by molar-refractivity contribution is 0.483. The smallest absolute Gasteiger partial charge is 0.195 e. The van der Waals surface area contributed by atoms with Crippen LogP contribution in [0.5, 0.6) is 0 Å². The number of H-pyrrole nitrogens is 2. The number of aromatic amines is 2. The molecule has 0 amide bonds. The Labute approximate surface area is 156 Å². The number of benzene rings is 2. The topological polar surface area (TPSA) is 108 Å². The van der Waals surface area contributed by atoms with Crippen LogP contribution in [0.2, 0.25) is 0 Å². The van der Waals surface area contributed by atoms with Crippen LogP contribution in [0.15, 0.2) is 72.0 Å². The molecular weight excluding hydrogens is 336 g/mol. The van der Waals surface area contributed by atoms with Gasteiger partial charge in [0, 0.05) is 40.8 Å². The fourth-order valence-corrected chi connectivity index (χ4v) is 3.80. The molecule has 0 radical (unpaired) electrons. The van der Waals surface area contributed by atoms with Gasteiger partial charge in [-0.2, -0.15) is 0 Å². The molecular formula is C21H20N6. The zero-order valence-corrected chi connectivity index (χ0v) is 14.7. The third-order valence-corrected chi connectivity index (χ3v) is 4.98. The van der Waals surface area contributed by atoms with Gasteiger partial charge < -0.3 is 26.8 Å². The van der Waals surface area contributed by atoms with Crippen LogP contribution in [-0.4, -0.2) is 21.6 Å². The second-order valence-corrected chi connectivity index (χ2v) is 7.01. The average Bonchev–Trinajstić information content (AvgIpc) is 3.28. The molecule has 134 valence electrons. The van der Waals surface area contributed by atoms with E-state index < -0.39 is 5.66 Å². The van der Waals surface area contributed by atoms with Crippen molar-refractivity contribution >= 4 is 33.5 Å². The predicted octanol–water partition coefficient (Wildman–Crippen LogP) is 2.81. The van der Waals surface area contributed by atoms with Crippen LogP contribution in [0.4, 0.5) is 0 Å². The van der Waals surface area contributed by atoms with Gasteiger partial charge in [0.1, 0.15) is 5.66 Å². The second-order valence-electron chi connectivity index (χ2n) is 7.01. The van der Waals surface area contributed by atoms with Gasteiger partial charge in [0.2, 0.25) is 0 Å². The predicted molar refractivity (Wildman–Crippen MR) is 110 cm³/mol. The Kier molecular flexibility index (Phi) is 3.35. The van der Waals surface area contributed by atoms with Crippen LogP contribution in [0.3, 0.4) is 0 Å². The van der Waals surface area contributed by atoms with Gasteiger partial charge in [-0.1, -0.05) is 18.2 Å². The van der Waals surface area contributed by atoms with E-state index in [0.29, 0.717) is 12.4 Å². The van der Waals surface area contributed by atoms with Gasteiger partial charge in [-0.25, -0.2) is 4.99 Å². The number of fused-ring (bicyclic) bond motifs is 2. The van der Waals surface area contributed by atoms with Crippen molar-refractivity contribution < 1.29 is 0 Å². The minimum absolute atomic E-state index is 0.324. The summed E-state index contributed by atoms with van der Waals surface area (Å²) in [6.07, 6.45) is 6.42. The van der Waals surface area contributed by atoms with Gasteiger partial charge in [0.15, 0.2) is 5.96 Å². The molecule has 1 unspecified atom stereocenters. The maximum atomic E-state index is 6.68. The third-order valence-electron chi connectivity index (χ3n) is 4.98. The van der Waals surface area contributed by atoms with E-state index in [1.165, 1.54) is 0 Å². The molecule has 1 atom stereocenters. The fraction of sp³-hybridized carbons (Fsp3) is 0.0952. The molecule has 0 aliphatic carbocycles. The van der Waals surface area contributed by atoms with Crippen LogP contribution < -0.4 is 16.8 Å². The van der Waals surface area contributed by atoms with Gasteiger partial charge in [0.25, 0.3) is 0 Å². The van der Waals surface area contributed by atoms with Gasteiger partial charge in [-0.15, -0.1) is 0 Å². The standard InChI is InChI=1S/C21H20N6/c22-20-26-19(15-2-1-3-18-16(15)7-9-25-18)12-21(23,27-20)11-13-4-5-17-14(10-13)6-8-24-17/h1-10,12,24-25H,11,23H2,(H3,22,26,27). The zero-order valence-electron chi connectivity index (χ0n) is 14.7. The van der Waals surface area contributed by atoms with Crippen LogP contribution in [0.1, 0.15) is 11.1 Å². The highest BCUT2D eigenvalue weighted by atomic mass is 15.2. The Morgan fingerprint density at radius 1 is 0.963 bits per heavy atom. The van der Waals surface area contributed by atoms with Gasteiger partial charge in [0.05, 0.1) is 5.70 Å². The van der Waals surface area contributed by atoms with E-state index in [4.69, 9.17) is 11.5 Å². The molecule has 2 aromatic carbocycles. The summed E-state index contributed by atoms with van der Waals surface area (Å²) >= 11 is 0. The molecule has 6 heteroatoms. The van der Waals surface area contributed by atoms with E-state index in [9.17, 15) is 0 Å². The van der Waals surface area contributed by atoms with E-state index in [0.717, 1.165) is 38.6 Å². The number of aliphatic imine (C=N–C) groups is 1. The Bertz CT molecular complexity index is 1210. The van der Waals surface area contributed by atoms with Crippen molar-refractivity contribution in [3.8, 4) is 0 Å². The first-order valence-corrected chi connectivity index (χ1v) is 8.86. The van der Waals surface area contributed by atoms with Gasteiger partial charge in [-0.3, -0.25) is 0 Å². The number of hydrogen-bond acceptors (Lipinski definition) is 4. The summed E-state index contributed by atoms with van der Waals surface area (Å²) in [6.45, 7) is 0. The van der Waals surface area contributed by atoms with E-state index in [1.54, 1.807) is 0 Å². The van der Waals surface area contributed by atoms with Crippen LogP contribution in [-0.2, 0) is 6.42 Å². The molecule has 7 N–H and O–H groups in total. The molecule has 0 spiro atoms. The van der Waals surface area contributed by atoms with Crippen molar-refractivity contribution in [3.05, 3.63) is 78.1 Å². The minimum Gasteiger partial charge on any atom is -0.370 e. The highest BCUT2D eigenvalue weighted by molar-refractivity contribution is 5.96. The Balaban J connectivity index is 1.55. The Morgan fingerprint density at radius 3 is 2.74 bits per heavy atom. The third kappa shape index (κ3) is 2.76. The van der Waals surface area contributed by atoms with E-state index in [2.05, 4.69) is 44.5 Å². The second kappa shape index (κ2) is 5.75. The number of nitrogens with zero attached hydrogens (tertiary/aromatic N) is 1. The molecule has 1 aliphatic heterocycles. The Morgan fingerprint density at radius 2 is 1.81 bits per heavy atom. The van der Waals surface area contributed by atoms with Gasteiger partial charge >= 0.3 is 0 Å². The van der Waals surface area contributed by atoms with Crippen molar-refractivity contribution in [2.24, 2.45) is 16.5 Å². The monoisotopic (exact) mass is 356 g/mol. The number of nitrogens with two attached hydrogens (primary N) is 2. The first kappa shape index (κ1) is 15.7. The summed E-state index contributed by atoms with van der Waals surface area (Å²) in [6, 6.07) is 16.5. The van der Waals surface area contributed by atoms with E-state index in [1.807, 2.05) is 42.7 Å².